The zero-order valence-electron chi connectivity index (χ0n) is 16.1. The van der Waals surface area contributed by atoms with Crippen molar-refractivity contribution in [3.63, 3.8) is 0 Å². The van der Waals surface area contributed by atoms with E-state index in [0.717, 1.165) is 25.7 Å². The van der Waals surface area contributed by atoms with Gasteiger partial charge in [0.25, 0.3) is 0 Å². The fraction of sp³-hybridized carbons (Fsp3) is 0.550. The highest BCUT2D eigenvalue weighted by atomic mass is 32.2. The minimum atomic E-state index is -0.466. The molecular weight excluding hydrogens is 369 g/mol. The van der Waals surface area contributed by atoms with E-state index in [9.17, 15) is 14.3 Å². The molecule has 2 unspecified atom stereocenters. The minimum Gasteiger partial charge on any atom is -0.494 e. The lowest BCUT2D eigenvalue weighted by Crippen LogP contribution is -2.30. The molecular formula is C20H28FNO4S. The van der Waals surface area contributed by atoms with Gasteiger partial charge in [0.2, 0.25) is 5.88 Å². The van der Waals surface area contributed by atoms with Crippen molar-refractivity contribution < 1.29 is 23.8 Å². The first-order valence-corrected chi connectivity index (χ1v) is 10.3. The van der Waals surface area contributed by atoms with Gasteiger partial charge in [-0.15, -0.1) is 11.8 Å². The number of thioether (sulfide) groups is 1. The minimum absolute atomic E-state index is 0.0227. The van der Waals surface area contributed by atoms with Gasteiger partial charge in [-0.3, -0.25) is 9.69 Å². The van der Waals surface area contributed by atoms with E-state index in [4.69, 9.17) is 9.47 Å². The molecule has 1 aromatic rings. The largest absolute Gasteiger partial charge is 0.494 e. The number of aliphatic hydroxyl groups is 1. The Hall–Kier alpha value is -1.73. The van der Waals surface area contributed by atoms with Crippen LogP contribution in [0.25, 0.3) is 0 Å². The molecule has 7 heteroatoms. The number of ether oxygens (including phenoxy) is 2. The van der Waals surface area contributed by atoms with E-state index < -0.39 is 5.82 Å². The Kier molecular flexibility index (Phi) is 8.44. The SMILES string of the molecule is CCCCC(=O)OC1=CSC(CCCC(C)O)N1c1ccc(OC)c(F)c1. The summed E-state index contributed by atoms with van der Waals surface area (Å²) in [6.45, 7) is 3.78. The Morgan fingerprint density at radius 3 is 2.81 bits per heavy atom. The Balaban J connectivity index is 2.17. The normalized spacial score (nSPS) is 17.6. The van der Waals surface area contributed by atoms with Gasteiger partial charge in [0, 0.05) is 23.6 Å². The monoisotopic (exact) mass is 397 g/mol. The molecule has 1 aromatic carbocycles. The smallest absolute Gasteiger partial charge is 0.312 e. The fourth-order valence-electron chi connectivity index (χ4n) is 2.84. The predicted molar refractivity (Wildman–Crippen MR) is 106 cm³/mol. The summed E-state index contributed by atoms with van der Waals surface area (Å²) in [4.78, 5) is 13.9. The number of hydrogen-bond acceptors (Lipinski definition) is 6. The van der Waals surface area contributed by atoms with Gasteiger partial charge < -0.3 is 14.6 Å². The third-order valence-electron chi connectivity index (χ3n) is 4.29. The Bertz CT molecular complexity index is 665. The summed E-state index contributed by atoms with van der Waals surface area (Å²) in [5, 5.41) is 11.3. The van der Waals surface area contributed by atoms with Crippen LogP contribution in [0.4, 0.5) is 10.1 Å². The number of carbonyl (C=O) groups is 1. The van der Waals surface area contributed by atoms with Crippen molar-refractivity contribution in [2.24, 2.45) is 0 Å². The number of methoxy groups -OCH3 is 1. The molecule has 1 heterocycles. The van der Waals surface area contributed by atoms with Crippen LogP contribution in [0.2, 0.25) is 0 Å². The second-order valence-electron chi connectivity index (χ2n) is 6.59. The molecule has 0 aliphatic carbocycles. The van der Waals surface area contributed by atoms with E-state index in [1.807, 2.05) is 11.8 Å². The van der Waals surface area contributed by atoms with E-state index in [2.05, 4.69) is 0 Å². The molecule has 0 aromatic heterocycles. The first-order chi connectivity index (χ1) is 13.0. The molecule has 0 fully saturated rings. The van der Waals surface area contributed by atoms with E-state index in [0.29, 0.717) is 24.4 Å². The van der Waals surface area contributed by atoms with Gasteiger partial charge in [-0.25, -0.2) is 4.39 Å². The third kappa shape index (κ3) is 6.14. The van der Waals surface area contributed by atoms with Gasteiger partial charge in [0.1, 0.15) is 0 Å². The van der Waals surface area contributed by atoms with Crippen molar-refractivity contribution in [3.8, 4) is 5.75 Å². The van der Waals surface area contributed by atoms with Gasteiger partial charge in [0.15, 0.2) is 11.6 Å². The molecule has 1 aliphatic rings. The zero-order chi connectivity index (χ0) is 19.8. The van der Waals surface area contributed by atoms with Crippen LogP contribution in [0, 0.1) is 5.82 Å². The summed E-state index contributed by atoms with van der Waals surface area (Å²) in [5.74, 6) is -0.159. The molecule has 1 N–H and O–H groups in total. The van der Waals surface area contributed by atoms with Crippen molar-refractivity contribution in [2.45, 2.75) is 63.9 Å². The first-order valence-electron chi connectivity index (χ1n) is 9.33. The fourth-order valence-corrected chi connectivity index (χ4v) is 3.93. The molecule has 150 valence electrons. The number of anilines is 1. The molecule has 2 atom stereocenters. The van der Waals surface area contributed by atoms with Gasteiger partial charge in [0.05, 0.1) is 18.6 Å². The maximum absolute atomic E-state index is 14.2. The van der Waals surface area contributed by atoms with Gasteiger partial charge in [-0.1, -0.05) is 13.3 Å². The summed E-state index contributed by atoms with van der Waals surface area (Å²) >= 11 is 1.54. The lowest BCUT2D eigenvalue weighted by molar-refractivity contribution is -0.139. The van der Waals surface area contributed by atoms with Crippen molar-refractivity contribution in [1.82, 2.24) is 0 Å². The third-order valence-corrected chi connectivity index (χ3v) is 5.39. The Morgan fingerprint density at radius 1 is 1.41 bits per heavy atom. The van der Waals surface area contributed by atoms with Crippen molar-refractivity contribution in [2.75, 3.05) is 12.0 Å². The zero-order valence-corrected chi connectivity index (χ0v) is 16.9. The maximum Gasteiger partial charge on any atom is 0.312 e. The van der Waals surface area contributed by atoms with E-state index in [-0.39, 0.29) is 23.2 Å². The molecule has 0 saturated carbocycles. The highest BCUT2D eigenvalue weighted by Gasteiger charge is 2.31. The number of rotatable bonds is 10. The number of benzene rings is 1. The number of esters is 1. The Morgan fingerprint density at radius 2 is 2.19 bits per heavy atom. The summed E-state index contributed by atoms with van der Waals surface area (Å²) in [6, 6.07) is 4.71. The van der Waals surface area contributed by atoms with Crippen molar-refractivity contribution >= 4 is 23.4 Å². The van der Waals surface area contributed by atoms with Crippen LogP contribution in [-0.4, -0.2) is 29.7 Å². The number of nitrogens with zero attached hydrogens (tertiary/aromatic N) is 1. The number of aliphatic hydroxyl groups excluding tert-OH is 1. The summed E-state index contributed by atoms with van der Waals surface area (Å²) in [7, 11) is 1.42. The van der Waals surface area contributed by atoms with Crippen LogP contribution >= 0.6 is 11.8 Å². The summed E-state index contributed by atoms with van der Waals surface area (Å²) in [6.07, 6.45) is 3.96. The van der Waals surface area contributed by atoms with Crippen LogP contribution in [0.3, 0.4) is 0 Å². The highest BCUT2D eigenvalue weighted by Crippen LogP contribution is 2.40. The Labute approximate surface area is 164 Å². The van der Waals surface area contributed by atoms with Gasteiger partial charge >= 0.3 is 5.97 Å². The lowest BCUT2D eigenvalue weighted by atomic mass is 10.1. The molecule has 0 amide bonds. The van der Waals surface area contributed by atoms with E-state index in [1.165, 1.54) is 24.9 Å². The second kappa shape index (κ2) is 10.6. The van der Waals surface area contributed by atoms with Crippen LogP contribution in [0.5, 0.6) is 5.75 Å². The molecule has 27 heavy (non-hydrogen) atoms. The van der Waals surface area contributed by atoms with Crippen LogP contribution in [0.1, 0.15) is 52.4 Å². The predicted octanol–water partition coefficient (Wildman–Crippen LogP) is 4.80. The summed E-state index contributed by atoms with van der Waals surface area (Å²) < 4.78 is 24.8. The number of unbranched alkanes of at least 4 members (excludes halogenated alkanes) is 1. The van der Waals surface area contributed by atoms with Gasteiger partial charge in [-0.2, -0.15) is 0 Å². The maximum atomic E-state index is 14.2. The topological polar surface area (TPSA) is 59.0 Å². The average Bonchev–Trinajstić information content (AvgIpc) is 3.02. The second-order valence-corrected chi connectivity index (χ2v) is 7.65. The standard InChI is InChI=1S/C20H28FNO4S/c1-4-5-9-20(24)26-18-13-27-19(8-6-7-14(2)23)22(18)15-10-11-17(25-3)16(21)12-15/h10-14,19,23H,4-9H2,1-3H3. The number of hydrogen-bond donors (Lipinski definition) is 1. The number of halogens is 1. The molecule has 0 radical (unpaired) electrons. The van der Waals surface area contributed by atoms with Gasteiger partial charge in [-0.05, 0) is 44.7 Å². The van der Waals surface area contributed by atoms with Crippen molar-refractivity contribution in [3.05, 3.63) is 35.3 Å². The molecule has 0 saturated heterocycles. The van der Waals surface area contributed by atoms with Crippen LogP contribution < -0.4 is 9.64 Å². The number of carbonyl (C=O) groups excluding carboxylic acids is 1. The van der Waals surface area contributed by atoms with Crippen LogP contribution in [-0.2, 0) is 9.53 Å². The van der Waals surface area contributed by atoms with Crippen LogP contribution in [0.15, 0.2) is 29.5 Å². The molecule has 0 spiro atoms. The highest BCUT2D eigenvalue weighted by molar-refractivity contribution is 8.03. The van der Waals surface area contributed by atoms with E-state index >= 15 is 0 Å². The average molecular weight is 398 g/mol. The first kappa shape index (κ1) is 21.6. The molecule has 0 bridgehead atoms. The summed E-state index contributed by atoms with van der Waals surface area (Å²) in [5.41, 5.74) is 0.606. The molecule has 2 rings (SSSR count). The van der Waals surface area contributed by atoms with Crippen molar-refractivity contribution in [1.29, 1.82) is 0 Å². The molecule has 5 nitrogen and oxygen atoms in total. The lowest BCUT2D eigenvalue weighted by Gasteiger charge is -2.28. The quantitative estimate of drug-likeness (QED) is 0.573. The van der Waals surface area contributed by atoms with E-state index in [1.54, 1.807) is 24.5 Å². The molecule has 1 aliphatic heterocycles.